The van der Waals surface area contributed by atoms with Crippen LogP contribution in [0.3, 0.4) is 0 Å². The second kappa shape index (κ2) is 4.36. The Morgan fingerprint density at radius 3 is 2.77 bits per heavy atom. The van der Waals surface area contributed by atoms with Crippen LogP contribution in [0.15, 0.2) is 0 Å². The van der Waals surface area contributed by atoms with Crippen molar-refractivity contribution in [1.82, 2.24) is 10.0 Å². The number of hydrogen-bond acceptors (Lipinski definition) is 4. The predicted molar refractivity (Wildman–Crippen MR) is 49.9 cm³/mol. The second-order valence-corrected chi connectivity index (χ2v) is 5.28. The number of aliphatic hydroxyl groups excluding tert-OH is 1. The van der Waals surface area contributed by atoms with E-state index in [1.54, 1.807) is 6.92 Å². The number of rotatable bonds is 4. The summed E-state index contributed by atoms with van der Waals surface area (Å²) in [4.78, 5) is 0. The van der Waals surface area contributed by atoms with Crippen LogP contribution in [0.1, 0.15) is 13.3 Å². The van der Waals surface area contributed by atoms with Gasteiger partial charge in [-0.15, -0.1) is 0 Å². The Kier molecular flexibility index (Phi) is 3.66. The molecule has 78 valence electrons. The van der Waals surface area contributed by atoms with Crippen LogP contribution < -0.4 is 10.0 Å². The molecular weight excluding hydrogens is 192 g/mol. The van der Waals surface area contributed by atoms with Crippen LogP contribution in [0.25, 0.3) is 0 Å². The molecule has 1 rings (SSSR count). The van der Waals surface area contributed by atoms with Crippen molar-refractivity contribution in [3.63, 3.8) is 0 Å². The summed E-state index contributed by atoms with van der Waals surface area (Å²) in [6.45, 7) is 2.27. The number of hydrogen-bond donors (Lipinski definition) is 3. The van der Waals surface area contributed by atoms with Gasteiger partial charge in [-0.2, -0.15) is 0 Å². The summed E-state index contributed by atoms with van der Waals surface area (Å²) in [5.41, 5.74) is 0. The standard InChI is InChI=1S/C7H16N2O3S/c1-2-13(11,12)9-6-3-7(5-10)8-4-6/h6-10H,2-5H2,1H3/t6-,7-/m0/s1. The van der Waals surface area contributed by atoms with E-state index in [4.69, 9.17) is 5.11 Å². The van der Waals surface area contributed by atoms with Crippen molar-refractivity contribution >= 4 is 10.0 Å². The molecule has 0 spiro atoms. The molecule has 1 heterocycles. The summed E-state index contributed by atoms with van der Waals surface area (Å²) in [6, 6.07) is -0.0355. The fourth-order valence-corrected chi connectivity index (χ4v) is 2.24. The molecule has 6 heteroatoms. The summed E-state index contributed by atoms with van der Waals surface area (Å²) >= 11 is 0. The van der Waals surface area contributed by atoms with Gasteiger partial charge in [-0.1, -0.05) is 0 Å². The molecule has 1 fully saturated rings. The molecule has 3 N–H and O–H groups in total. The average molecular weight is 208 g/mol. The third kappa shape index (κ3) is 3.22. The quantitative estimate of drug-likeness (QED) is 0.534. The minimum Gasteiger partial charge on any atom is -0.395 e. The summed E-state index contributed by atoms with van der Waals surface area (Å²) < 4.78 is 24.9. The Morgan fingerprint density at radius 1 is 1.62 bits per heavy atom. The van der Waals surface area contributed by atoms with Gasteiger partial charge in [0.25, 0.3) is 0 Å². The summed E-state index contributed by atoms with van der Waals surface area (Å²) in [7, 11) is -3.11. The van der Waals surface area contributed by atoms with Gasteiger partial charge in [0.2, 0.25) is 10.0 Å². The predicted octanol–water partition coefficient (Wildman–Crippen LogP) is -1.35. The summed E-state index contributed by atoms with van der Waals surface area (Å²) in [5.74, 6) is 0.104. The van der Waals surface area contributed by atoms with E-state index in [9.17, 15) is 8.42 Å². The smallest absolute Gasteiger partial charge is 0.211 e. The minimum atomic E-state index is -3.11. The Hall–Kier alpha value is -0.170. The van der Waals surface area contributed by atoms with Crippen molar-refractivity contribution in [2.24, 2.45) is 0 Å². The lowest BCUT2D eigenvalue weighted by molar-refractivity contribution is 0.254. The van der Waals surface area contributed by atoms with E-state index >= 15 is 0 Å². The number of sulfonamides is 1. The van der Waals surface area contributed by atoms with Gasteiger partial charge in [0.05, 0.1) is 12.4 Å². The largest absolute Gasteiger partial charge is 0.395 e. The molecule has 1 saturated heterocycles. The normalized spacial score (nSPS) is 29.4. The molecule has 0 radical (unpaired) electrons. The zero-order valence-corrected chi connectivity index (χ0v) is 8.47. The van der Waals surface area contributed by atoms with Gasteiger partial charge in [0, 0.05) is 18.6 Å². The topological polar surface area (TPSA) is 78.4 Å². The van der Waals surface area contributed by atoms with Crippen LogP contribution in [-0.4, -0.2) is 44.5 Å². The highest BCUT2D eigenvalue weighted by atomic mass is 32.2. The van der Waals surface area contributed by atoms with E-state index in [1.165, 1.54) is 0 Å². The van der Waals surface area contributed by atoms with Gasteiger partial charge in [-0.25, -0.2) is 13.1 Å². The highest BCUT2D eigenvalue weighted by Gasteiger charge is 2.25. The Labute approximate surface area is 78.6 Å². The van der Waals surface area contributed by atoms with Crippen molar-refractivity contribution in [1.29, 1.82) is 0 Å². The van der Waals surface area contributed by atoms with E-state index in [2.05, 4.69) is 10.0 Å². The maximum atomic E-state index is 11.1. The molecule has 1 aliphatic rings. The molecule has 13 heavy (non-hydrogen) atoms. The van der Waals surface area contributed by atoms with Crippen LogP contribution in [-0.2, 0) is 10.0 Å². The van der Waals surface area contributed by atoms with Crippen molar-refractivity contribution in [2.45, 2.75) is 25.4 Å². The summed E-state index contributed by atoms with van der Waals surface area (Å²) in [6.07, 6.45) is 0.662. The highest BCUT2D eigenvalue weighted by Crippen LogP contribution is 2.06. The van der Waals surface area contributed by atoms with Gasteiger partial charge in [0.1, 0.15) is 0 Å². The zero-order valence-electron chi connectivity index (χ0n) is 7.66. The van der Waals surface area contributed by atoms with E-state index in [0.717, 1.165) is 0 Å². The molecule has 0 unspecified atom stereocenters. The molecule has 0 aromatic heterocycles. The van der Waals surface area contributed by atoms with Crippen LogP contribution in [0, 0.1) is 0 Å². The van der Waals surface area contributed by atoms with Gasteiger partial charge in [-0.3, -0.25) is 0 Å². The van der Waals surface area contributed by atoms with Gasteiger partial charge >= 0.3 is 0 Å². The molecule has 0 aromatic rings. The molecule has 0 saturated carbocycles. The van der Waals surface area contributed by atoms with E-state index in [-0.39, 0.29) is 24.4 Å². The minimum absolute atomic E-state index is 0.0320. The van der Waals surface area contributed by atoms with Gasteiger partial charge in [0.15, 0.2) is 0 Å². The Morgan fingerprint density at radius 2 is 2.31 bits per heavy atom. The van der Waals surface area contributed by atoms with Crippen molar-refractivity contribution < 1.29 is 13.5 Å². The first-order valence-electron chi connectivity index (χ1n) is 4.41. The van der Waals surface area contributed by atoms with Gasteiger partial charge in [-0.05, 0) is 13.3 Å². The lowest BCUT2D eigenvalue weighted by atomic mass is 10.2. The van der Waals surface area contributed by atoms with E-state index < -0.39 is 10.0 Å². The third-order valence-corrected chi connectivity index (χ3v) is 3.62. The van der Waals surface area contributed by atoms with E-state index in [0.29, 0.717) is 13.0 Å². The zero-order chi connectivity index (χ0) is 9.90. The maximum absolute atomic E-state index is 11.1. The molecular formula is C7H16N2O3S. The number of aliphatic hydroxyl groups is 1. The van der Waals surface area contributed by atoms with Crippen molar-refractivity contribution in [2.75, 3.05) is 18.9 Å². The first-order chi connectivity index (χ1) is 6.07. The number of nitrogens with one attached hydrogen (secondary N) is 2. The second-order valence-electron chi connectivity index (χ2n) is 3.24. The van der Waals surface area contributed by atoms with Crippen LogP contribution in [0.5, 0.6) is 0 Å². The van der Waals surface area contributed by atoms with E-state index in [1.807, 2.05) is 0 Å². The Bertz CT molecular complexity index is 252. The lowest BCUT2D eigenvalue weighted by Crippen LogP contribution is -2.37. The van der Waals surface area contributed by atoms with Crippen LogP contribution in [0.2, 0.25) is 0 Å². The fourth-order valence-electron chi connectivity index (χ4n) is 1.39. The molecule has 5 nitrogen and oxygen atoms in total. The molecule has 0 aliphatic carbocycles. The average Bonchev–Trinajstić information content (AvgIpc) is 2.52. The molecule has 0 amide bonds. The third-order valence-electron chi connectivity index (χ3n) is 2.17. The molecule has 1 aliphatic heterocycles. The van der Waals surface area contributed by atoms with Crippen LogP contribution >= 0.6 is 0 Å². The highest BCUT2D eigenvalue weighted by molar-refractivity contribution is 7.89. The fraction of sp³-hybridized carbons (Fsp3) is 1.00. The van der Waals surface area contributed by atoms with Gasteiger partial charge < -0.3 is 10.4 Å². The first-order valence-corrected chi connectivity index (χ1v) is 6.07. The Balaban J connectivity index is 2.40. The molecule has 0 aromatic carbocycles. The van der Waals surface area contributed by atoms with Crippen molar-refractivity contribution in [3.05, 3.63) is 0 Å². The molecule has 2 atom stereocenters. The molecule has 0 bridgehead atoms. The van der Waals surface area contributed by atoms with Crippen LogP contribution in [0.4, 0.5) is 0 Å². The maximum Gasteiger partial charge on any atom is 0.211 e. The lowest BCUT2D eigenvalue weighted by Gasteiger charge is -2.10. The summed E-state index contributed by atoms with van der Waals surface area (Å²) in [5, 5.41) is 11.8. The van der Waals surface area contributed by atoms with Crippen molar-refractivity contribution in [3.8, 4) is 0 Å². The first kappa shape index (κ1) is 10.9. The SMILES string of the molecule is CCS(=O)(=O)N[C@@H]1CN[C@H](CO)C1. The monoisotopic (exact) mass is 208 g/mol.